The van der Waals surface area contributed by atoms with E-state index in [1.165, 1.54) is 11.8 Å². The number of thioether (sulfide) groups is 1. The predicted octanol–water partition coefficient (Wildman–Crippen LogP) is 2.10. The summed E-state index contributed by atoms with van der Waals surface area (Å²) in [4.78, 5) is 15.5. The standard InChI is InChI=1S/C10H9NOS/c1-7-10(12)13-9(11-7)8-5-3-2-4-6-8/h2-7H,1H3/t7-/m0/s1. The van der Waals surface area contributed by atoms with E-state index in [4.69, 9.17) is 0 Å². The molecule has 3 heteroatoms. The number of rotatable bonds is 1. The van der Waals surface area contributed by atoms with E-state index >= 15 is 0 Å². The Labute approximate surface area is 81.1 Å². The van der Waals surface area contributed by atoms with E-state index in [0.717, 1.165) is 10.6 Å². The zero-order valence-electron chi connectivity index (χ0n) is 7.23. The van der Waals surface area contributed by atoms with Gasteiger partial charge in [-0.2, -0.15) is 0 Å². The highest BCUT2D eigenvalue weighted by molar-refractivity contribution is 8.27. The van der Waals surface area contributed by atoms with E-state index in [-0.39, 0.29) is 11.2 Å². The molecule has 0 bridgehead atoms. The number of carbonyl (C=O) groups is 1. The summed E-state index contributed by atoms with van der Waals surface area (Å²) in [6, 6.07) is 9.61. The lowest BCUT2D eigenvalue weighted by Crippen LogP contribution is -2.02. The Kier molecular flexibility index (Phi) is 2.19. The van der Waals surface area contributed by atoms with Crippen molar-refractivity contribution in [3.8, 4) is 0 Å². The van der Waals surface area contributed by atoms with Crippen molar-refractivity contribution in [2.75, 3.05) is 0 Å². The molecule has 0 aromatic heterocycles. The van der Waals surface area contributed by atoms with Gasteiger partial charge in [0.2, 0.25) is 5.12 Å². The predicted molar refractivity (Wildman–Crippen MR) is 55.0 cm³/mol. The van der Waals surface area contributed by atoms with Gasteiger partial charge in [-0.05, 0) is 18.7 Å². The lowest BCUT2D eigenvalue weighted by atomic mass is 10.2. The van der Waals surface area contributed by atoms with Gasteiger partial charge >= 0.3 is 0 Å². The summed E-state index contributed by atoms with van der Waals surface area (Å²) in [5, 5.41) is 0.983. The maximum absolute atomic E-state index is 11.2. The molecule has 0 amide bonds. The second-order valence-electron chi connectivity index (χ2n) is 2.90. The van der Waals surface area contributed by atoms with Crippen LogP contribution in [0.1, 0.15) is 12.5 Å². The second kappa shape index (κ2) is 3.34. The molecule has 1 aliphatic rings. The number of hydrogen-bond acceptors (Lipinski definition) is 3. The van der Waals surface area contributed by atoms with Crippen LogP contribution < -0.4 is 0 Å². The molecule has 0 unspecified atom stereocenters. The molecule has 2 rings (SSSR count). The molecule has 1 heterocycles. The van der Waals surface area contributed by atoms with Crippen molar-refractivity contribution in [2.45, 2.75) is 13.0 Å². The number of aliphatic imine (C=N–C) groups is 1. The summed E-state index contributed by atoms with van der Waals surface area (Å²) in [6.07, 6.45) is 0. The number of carbonyl (C=O) groups excluding carboxylic acids is 1. The van der Waals surface area contributed by atoms with Gasteiger partial charge in [-0.3, -0.25) is 9.79 Å². The molecule has 1 atom stereocenters. The summed E-state index contributed by atoms with van der Waals surface area (Å²) in [5.41, 5.74) is 1.03. The summed E-state index contributed by atoms with van der Waals surface area (Å²) in [7, 11) is 0. The average molecular weight is 191 g/mol. The van der Waals surface area contributed by atoms with Crippen LogP contribution in [0.3, 0.4) is 0 Å². The Morgan fingerprint density at radius 3 is 2.54 bits per heavy atom. The van der Waals surface area contributed by atoms with Crippen LogP contribution >= 0.6 is 11.8 Å². The normalized spacial score (nSPS) is 21.8. The van der Waals surface area contributed by atoms with Crippen molar-refractivity contribution in [3.63, 3.8) is 0 Å². The highest BCUT2D eigenvalue weighted by Crippen LogP contribution is 2.24. The quantitative estimate of drug-likeness (QED) is 0.680. The van der Waals surface area contributed by atoms with E-state index in [9.17, 15) is 4.79 Å². The van der Waals surface area contributed by atoms with E-state index in [0.29, 0.717) is 0 Å². The number of hydrogen-bond donors (Lipinski definition) is 0. The molecular formula is C10H9NOS. The van der Waals surface area contributed by atoms with Gasteiger partial charge < -0.3 is 0 Å². The zero-order valence-corrected chi connectivity index (χ0v) is 8.04. The van der Waals surface area contributed by atoms with Crippen LogP contribution in [-0.4, -0.2) is 16.2 Å². The monoisotopic (exact) mass is 191 g/mol. The molecule has 13 heavy (non-hydrogen) atoms. The fraction of sp³-hybridized carbons (Fsp3) is 0.200. The first-order chi connectivity index (χ1) is 6.27. The Hall–Kier alpha value is -1.09. The summed E-state index contributed by atoms with van der Waals surface area (Å²) in [6.45, 7) is 1.82. The Morgan fingerprint density at radius 2 is 2.00 bits per heavy atom. The lowest BCUT2D eigenvalue weighted by molar-refractivity contribution is -0.111. The van der Waals surface area contributed by atoms with Crippen LogP contribution in [0.15, 0.2) is 35.3 Å². The van der Waals surface area contributed by atoms with E-state index in [1.54, 1.807) is 0 Å². The minimum absolute atomic E-state index is 0.138. The summed E-state index contributed by atoms with van der Waals surface area (Å²) < 4.78 is 0. The van der Waals surface area contributed by atoms with Crippen LogP contribution in [-0.2, 0) is 4.79 Å². The smallest absolute Gasteiger partial charge is 0.219 e. The van der Waals surface area contributed by atoms with Crippen LogP contribution in [0.5, 0.6) is 0 Å². The molecule has 1 aromatic carbocycles. The maximum atomic E-state index is 11.2. The highest BCUT2D eigenvalue weighted by atomic mass is 32.2. The minimum Gasteiger partial charge on any atom is -0.284 e. The third-order valence-electron chi connectivity index (χ3n) is 1.87. The highest BCUT2D eigenvalue weighted by Gasteiger charge is 2.24. The molecule has 0 radical (unpaired) electrons. The van der Waals surface area contributed by atoms with Crippen LogP contribution in [0.4, 0.5) is 0 Å². The van der Waals surface area contributed by atoms with Crippen molar-refractivity contribution in [1.29, 1.82) is 0 Å². The molecule has 66 valence electrons. The van der Waals surface area contributed by atoms with Gasteiger partial charge in [0.1, 0.15) is 11.1 Å². The maximum Gasteiger partial charge on any atom is 0.219 e. The Balaban J connectivity index is 2.30. The topological polar surface area (TPSA) is 29.4 Å². The molecule has 2 nitrogen and oxygen atoms in total. The zero-order chi connectivity index (χ0) is 9.26. The fourth-order valence-corrected chi connectivity index (χ4v) is 2.03. The van der Waals surface area contributed by atoms with Gasteiger partial charge in [0.15, 0.2) is 0 Å². The fourth-order valence-electron chi connectivity index (χ4n) is 1.15. The van der Waals surface area contributed by atoms with Gasteiger partial charge in [0, 0.05) is 5.56 Å². The van der Waals surface area contributed by atoms with Crippen LogP contribution in [0.25, 0.3) is 0 Å². The number of nitrogens with zero attached hydrogens (tertiary/aromatic N) is 1. The molecule has 0 fully saturated rings. The molecule has 0 saturated carbocycles. The third-order valence-corrected chi connectivity index (χ3v) is 2.95. The van der Waals surface area contributed by atoms with E-state index in [1.807, 2.05) is 37.3 Å². The molecule has 0 aliphatic carbocycles. The molecule has 0 N–H and O–H groups in total. The third kappa shape index (κ3) is 1.65. The van der Waals surface area contributed by atoms with E-state index < -0.39 is 0 Å². The van der Waals surface area contributed by atoms with Gasteiger partial charge in [-0.1, -0.05) is 30.3 Å². The lowest BCUT2D eigenvalue weighted by Gasteiger charge is -1.95. The largest absolute Gasteiger partial charge is 0.284 e. The van der Waals surface area contributed by atoms with Crippen LogP contribution in [0.2, 0.25) is 0 Å². The average Bonchev–Trinajstić information content (AvgIpc) is 2.49. The first-order valence-corrected chi connectivity index (χ1v) is 4.94. The van der Waals surface area contributed by atoms with Gasteiger partial charge in [0.25, 0.3) is 0 Å². The van der Waals surface area contributed by atoms with Gasteiger partial charge in [0.05, 0.1) is 0 Å². The molecule has 1 aromatic rings. The van der Waals surface area contributed by atoms with Gasteiger partial charge in [-0.25, -0.2) is 0 Å². The van der Waals surface area contributed by atoms with Crippen molar-refractivity contribution in [1.82, 2.24) is 0 Å². The van der Waals surface area contributed by atoms with Crippen molar-refractivity contribution in [3.05, 3.63) is 35.9 Å². The Bertz CT molecular complexity index is 358. The van der Waals surface area contributed by atoms with Crippen molar-refractivity contribution in [2.24, 2.45) is 4.99 Å². The van der Waals surface area contributed by atoms with Crippen molar-refractivity contribution < 1.29 is 4.79 Å². The first-order valence-electron chi connectivity index (χ1n) is 4.12. The van der Waals surface area contributed by atoms with Crippen LogP contribution in [0, 0.1) is 0 Å². The first kappa shape index (κ1) is 8.51. The Morgan fingerprint density at radius 1 is 1.31 bits per heavy atom. The minimum atomic E-state index is -0.180. The van der Waals surface area contributed by atoms with Gasteiger partial charge in [-0.15, -0.1) is 0 Å². The molecular weight excluding hydrogens is 182 g/mol. The molecule has 1 aliphatic heterocycles. The second-order valence-corrected chi connectivity index (χ2v) is 3.89. The molecule has 0 spiro atoms. The summed E-state index contributed by atoms with van der Waals surface area (Å²) in [5.74, 6) is 0. The molecule has 0 saturated heterocycles. The number of benzene rings is 1. The van der Waals surface area contributed by atoms with Crippen molar-refractivity contribution >= 4 is 21.9 Å². The summed E-state index contributed by atoms with van der Waals surface area (Å²) >= 11 is 1.24. The van der Waals surface area contributed by atoms with E-state index in [2.05, 4.69) is 4.99 Å². The SMILES string of the molecule is C[C@@H]1N=C(c2ccccc2)SC1=O.